The number of aromatic nitrogens is 2. The summed E-state index contributed by atoms with van der Waals surface area (Å²) in [7, 11) is 0. The molecule has 2 rings (SSSR count). The van der Waals surface area contributed by atoms with Crippen LogP contribution in [0.15, 0.2) is 16.1 Å². The Balaban J connectivity index is 2.31. The highest BCUT2D eigenvalue weighted by molar-refractivity contribution is 5.38. The fourth-order valence-corrected chi connectivity index (χ4v) is 2.12. The van der Waals surface area contributed by atoms with Crippen LogP contribution in [-0.2, 0) is 4.74 Å². The minimum absolute atomic E-state index is 0.0644. The number of aliphatic hydroxyl groups excluding tert-OH is 1. The summed E-state index contributed by atoms with van der Waals surface area (Å²) >= 11 is 0. The molecule has 1 unspecified atom stereocenters. The zero-order valence-corrected chi connectivity index (χ0v) is 10.7. The highest BCUT2D eigenvalue weighted by Crippen LogP contribution is 2.30. The summed E-state index contributed by atoms with van der Waals surface area (Å²) in [5.74, 6) is 0.0644. The number of hydrogen-bond acceptors (Lipinski definition) is 7. The molecule has 0 spiro atoms. The number of rotatable bonds is 4. The van der Waals surface area contributed by atoms with Crippen LogP contribution in [0.25, 0.3) is 10.4 Å². The molecule has 2 heterocycles. The molecule has 1 aromatic heterocycles. The van der Waals surface area contributed by atoms with Crippen molar-refractivity contribution in [3.05, 3.63) is 32.7 Å². The van der Waals surface area contributed by atoms with E-state index in [9.17, 15) is 9.90 Å². The first kappa shape index (κ1) is 14.3. The first-order valence-corrected chi connectivity index (χ1v) is 5.91. The molecule has 10 heteroatoms. The molecule has 0 saturated carbocycles. The Morgan fingerprint density at radius 1 is 1.75 bits per heavy atom. The van der Waals surface area contributed by atoms with Gasteiger partial charge < -0.3 is 9.84 Å². The molecule has 20 heavy (non-hydrogen) atoms. The number of aliphatic hydroxyl groups is 1. The lowest BCUT2D eigenvalue weighted by Gasteiger charge is -2.15. The van der Waals surface area contributed by atoms with Gasteiger partial charge in [-0.25, -0.2) is 4.79 Å². The summed E-state index contributed by atoms with van der Waals surface area (Å²) in [5, 5.41) is 21.5. The second-order valence-corrected chi connectivity index (χ2v) is 4.39. The Bertz CT molecular complexity index is 596. The van der Waals surface area contributed by atoms with Gasteiger partial charge in [-0.05, 0) is 12.5 Å². The highest BCUT2D eigenvalue weighted by Gasteiger charge is 2.35. The van der Waals surface area contributed by atoms with Crippen molar-refractivity contribution in [1.82, 2.24) is 9.55 Å². The third kappa shape index (κ3) is 2.58. The maximum absolute atomic E-state index is 11.9. The molecule has 1 saturated heterocycles. The minimum atomic E-state index is -0.672. The van der Waals surface area contributed by atoms with Crippen molar-refractivity contribution in [3.8, 4) is 0 Å². The molecule has 1 aliphatic heterocycles. The molecule has 3 N–H and O–H groups in total. The number of azide groups is 1. The monoisotopic (exact) mass is 282 g/mol. The van der Waals surface area contributed by atoms with Crippen molar-refractivity contribution in [2.75, 3.05) is 12.1 Å². The minimum Gasteiger partial charge on any atom is -0.394 e. The molecule has 1 fully saturated rings. The lowest BCUT2D eigenvalue weighted by Crippen LogP contribution is -2.28. The predicted molar refractivity (Wildman–Crippen MR) is 67.2 cm³/mol. The van der Waals surface area contributed by atoms with Crippen LogP contribution in [-0.4, -0.2) is 38.6 Å². The summed E-state index contributed by atoms with van der Waals surface area (Å²) in [6, 6.07) is -0.544. The van der Waals surface area contributed by atoms with Gasteiger partial charge in [-0.15, -0.1) is 0 Å². The van der Waals surface area contributed by atoms with Crippen molar-refractivity contribution in [3.63, 3.8) is 0 Å². The molecule has 0 radical (unpaired) electrons. The third-order valence-corrected chi connectivity index (χ3v) is 3.13. The normalized spacial score (nSPS) is 25.2. The Kier molecular flexibility index (Phi) is 4.20. The topological polar surface area (TPSA) is 145 Å². The van der Waals surface area contributed by atoms with Gasteiger partial charge in [0, 0.05) is 23.1 Å². The van der Waals surface area contributed by atoms with Crippen molar-refractivity contribution >= 4 is 5.82 Å². The van der Waals surface area contributed by atoms with Crippen LogP contribution in [0.1, 0.15) is 18.2 Å². The van der Waals surface area contributed by atoms with Crippen LogP contribution >= 0.6 is 0 Å². The van der Waals surface area contributed by atoms with E-state index >= 15 is 0 Å². The van der Waals surface area contributed by atoms with Crippen molar-refractivity contribution < 1.29 is 15.1 Å². The zero-order valence-electron chi connectivity index (χ0n) is 10.7. The van der Waals surface area contributed by atoms with Crippen LogP contribution in [0.3, 0.4) is 0 Å². The fraction of sp³-hybridized carbons (Fsp3) is 0.600. The number of nitrogens with one attached hydrogen (secondary N) is 1. The predicted octanol–water partition coefficient (Wildman–Crippen LogP) is 0.312. The van der Waals surface area contributed by atoms with Gasteiger partial charge in [0.1, 0.15) is 6.23 Å². The molecule has 3 atom stereocenters. The molecule has 0 aromatic carbocycles. The van der Waals surface area contributed by atoms with Gasteiger partial charge in [-0.2, -0.15) is 4.98 Å². The first-order valence-electron chi connectivity index (χ1n) is 5.91. The van der Waals surface area contributed by atoms with Gasteiger partial charge in [0.15, 0.2) is 5.82 Å². The number of aryl methyl sites for hydroxylation is 1. The van der Waals surface area contributed by atoms with Crippen molar-refractivity contribution in [1.29, 1.82) is 0 Å². The first-order chi connectivity index (χ1) is 9.60. The summed E-state index contributed by atoms with van der Waals surface area (Å²) in [6.45, 7) is 1.35. The molecule has 10 nitrogen and oxygen atoms in total. The summed E-state index contributed by atoms with van der Waals surface area (Å²) in [6.07, 6.45) is 0.418. The molecule has 108 valence electrons. The van der Waals surface area contributed by atoms with E-state index in [1.807, 2.05) is 5.48 Å². The third-order valence-electron chi connectivity index (χ3n) is 3.13. The second-order valence-electron chi connectivity index (χ2n) is 4.39. The Morgan fingerprint density at radius 2 is 2.50 bits per heavy atom. The van der Waals surface area contributed by atoms with Gasteiger partial charge in [-0.1, -0.05) is 5.11 Å². The van der Waals surface area contributed by atoms with Crippen LogP contribution < -0.4 is 11.2 Å². The molecule has 1 aromatic rings. The Morgan fingerprint density at radius 3 is 3.10 bits per heavy atom. The van der Waals surface area contributed by atoms with Crippen molar-refractivity contribution in [2.24, 2.45) is 5.11 Å². The average molecular weight is 282 g/mol. The van der Waals surface area contributed by atoms with Crippen LogP contribution in [0, 0.1) is 6.92 Å². The number of anilines is 1. The van der Waals surface area contributed by atoms with Crippen LogP contribution in [0.2, 0.25) is 0 Å². The summed E-state index contributed by atoms with van der Waals surface area (Å²) < 4.78 is 6.74. The van der Waals surface area contributed by atoms with Crippen molar-refractivity contribution in [2.45, 2.75) is 31.7 Å². The Hall–Kier alpha value is -2.13. The smallest absolute Gasteiger partial charge is 0.351 e. The fourth-order valence-electron chi connectivity index (χ4n) is 2.12. The molecule has 0 aliphatic carbocycles. The summed E-state index contributed by atoms with van der Waals surface area (Å²) in [5.41, 5.74) is 10.2. The van der Waals surface area contributed by atoms with E-state index in [0.717, 1.165) is 0 Å². The lowest BCUT2D eigenvalue weighted by atomic mass is 10.1. The van der Waals surface area contributed by atoms with E-state index in [1.54, 1.807) is 6.92 Å². The molecular formula is C10H14N6O4. The molecular weight excluding hydrogens is 268 g/mol. The molecule has 0 bridgehead atoms. The number of hydrogen-bond donors (Lipinski definition) is 3. The van der Waals surface area contributed by atoms with Gasteiger partial charge >= 0.3 is 5.69 Å². The SMILES string of the molecule is Cc1cn([C@H]2CC(N=[N+]=[N-])[C@@H](CO)O2)c(=O)nc1NO. The largest absolute Gasteiger partial charge is 0.394 e. The molecule has 0 amide bonds. The average Bonchev–Trinajstić information content (AvgIpc) is 2.84. The van der Waals surface area contributed by atoms with E-state index < -0.39 is 24.1 Å². The van der Waals surface area contributed by atoms with Gasteiger partial charge in [-0.3, -0.25) is 15.3 Å². The Labute approximate surface area is 113 Å². The number of nitrogens with zero attached hydrogens (tertiary/aromatic N) is 5. The lowest BCUT2D eigenvalue weighted by molar-refractivity contribution is -0.0270. The van der Waals surface area contributed by atoms with Gasteiger partial charge in [0.25, 0.3) is 0 Å². The second kappa shape index (κ2) is 5.88. The summed E-state index contributed by atoms with van der Waals surface area (Å²) in [4.78, 5) is 18.2. The van der Waals surface area contributed by atoms with Gasteiger partial charge in [0.05, 0.1) is 18.8 Å². The van der Waals surface area contributed by atoms with E-state index in [0.29, 0.717) is 5.56 Å². The molecule has 1 aliphatic rings. The quantitative estimate of drug-likeness (QED) is 0.313. The maximum Gasteiger partial charge on any atom is 0.351 e. The highest BCUT2D eigenvalue weighted by atomic mass is 16.5. The standard InChI is InChI=1S/C10H14N6O4/c1-5-3-16(10(18)12-9(5)14-19)8-2-6(13-15-11)7(4-17)20-8/h3,6-8,17,19H,2,4H2,1H3,(H,12,14,18)/t6?,7-,8-/m1/s1. The van der Waals surface area contributed by atoms with E-state index in [2.05, 4.69) is 15.0 Å². The zero-order chi connectivity index (χ0) is 14.7. The van der Waals surface area contributed by atoms with E-state index in [-0.39, 0.29) is 18.8 Å². The number of ether oxygens (including phenoxy) is 1. The van der Waals surface area contributed by atoms with Crippen LogP contribution in [0.5, 0.6) is 0 Å². The maximum atomic E-state index is 11.9. The van der Waals surface area contributed by atoms with E-state index in [4.69, 9.17) is 15.5 Å². The van der Waals surface area contributed by atoms with E-state index in [1.165, 1.54) is 10.8 Å². The van der Waals surface area contributed by atoms with Gasteiger partial charge in [0.2, 0.25) is 0 Å². The van der Waals surface area contributed by atoms with Crippen LogP contribution in [0.4, 0.5) is 5.82 Å².